The Balaban J connectivity index is 1.50. The molecular formula is C17H15F2N5OS. The van der Waals surface area contributed by atoms with Gasteiger partial charge >= 0.3 is 0 Å². The molecule has 0 atom stereocenters. The van der Waals surface area contributed by atoms with Crippen LogP contribution in [-0.4, -0.2) is 39.1 Å². The van der Waals surface area contributed by atoms with Gasteiger partial charge in [0.25, 0.3) is 0 Å². The van der Waals surface area contributed by atoms with Crippen molar-refractivity contribution in [3.63, 3.8) is 0 Å². The van der Waals surface area contributed by atoms with Crippen LogP contribution in [0, 0.1) is 11.6 Å². The van der Waals surface area contributed by atoms with E-state index in [4.69, 9.17) is 0 Å². The van der Waals surface area contributed by atoms with E-state index in [2.05, 4.69) is 20.5 Å². The van der Waals surface area contributed by atoms with Gasteiger partial charge in [-0.25, -0.2) is 13.8 Å². The first kappa shape index (κ1) is 16.8. The van der Waals surface area contributed by atoms with Crippen LogP contribution in [0.1, 0.15) is 11.3 Å². The Bertz CT molecular complexity index is 941. The monoisotopic (exact) mass is 375 g/mol. The highest BCUT2D eigenvalue weighted by atomic mass is 32.1. The van der Waals surface area contributed by atoms with Crippen molar-refractivity contribution in [3.05, 3.63) is 52.7 Å². The second kappa shape index (κ2) is 6.93. The first-order valence-corrected chi connectivity index (χ1v) is 8.91. The third-order valence-electron chi connectivity index (χ3n) is 4.25. The second-order valence-electron chi connectivity index (χ2n) is 6.00. The molecule has 134 valence electrons. The van der Waals surface area contributed by atoms with Gasteiger partial charge in [0.05, 0.1) is 12.2 Å². The number of nitrogens with zero attached hydrogens (tertiary/aromatic N) is 3. The summed E-state index contributed by atoms with van der Waals surface area (Å²) in [6, 6.07) is 3.73. The summed E-state index contributed by atoms with van der Waals surface area (Å²) in [7, 11) is 0. The highest BCUT2D eigenvalue weighted by Gasteiger charge is 2.24. The van der Waals surface area contributed by atoms with Crippen molar-refractivity contribution in [3.8, 4) is 11.3 Å². The molecule has 0 saturated heterocycles. The topological polar surface area (TPSA) is 73.9 Å². The number of aromatic nitrogens is 3. The van der Waals surface area contributed by atoms with Crippen molar-refractivity contribution >= 4 is 22.4 Å². The number of halogens is 2. The number of amides is 1. The lowest BCUT2D eigenvalue weighted by Gasteiger charge is -2.26. The summed E-state index contributed by atoms with van der Waals surface area (Å²) in [6.07, 6.45) is 2.34. The number of hydrogen-bond donors (Lipinski definition) is 2. The third kappa shape index (κ3) is 3.35. The van der Waals surface area contributed by atoms with Gasteiger partial charge in [0.15, 0.2) is 16.8 Å². The molecule has 0 unspecified atom stereocenters. The number of fused-ring (bicyclic) bond motifs is 1. The zero-order chi connectivity index (χ0) is 18.1. The molecule has 3 aromatic rings. The number of nitrogens with one attached hydrogen (secondary N) is 2. The van der Waals surface area contributed by atoms with Crippen LogP contribution in [0.25, 0.3) is 11.3 Å². The molecule has 0 fully saturated rings. The number of thiazole rings is 1. The van der Waals surface area contributed by atoms with Gasteiger partial charge in [-0.3, -0.25) is 14.8 Å². The van der Waals surface area contributed by atoms with Crippen LogP contribution in [0.5, 0.6) is 0 Å². The fourth-order valence-electron chi connectivity index (χ4n) is 3.02. The summed E-state index contributed by atoms with van der Waals surface area (Å²) in [4.78, 5) is 18.2. The molecule has 1 aliphatic heterocycles. The van der Waals surface area contributed by atoms with Crippen molar-refractivity contribution in [2.45, 2.75) is 13.0 Å². The van der Waals surface area contributed by atoms with E-state index < -0.39 is 11.6 Å². The van der Waals surface area contributed by atoms with Crippen LogP contribution < -0.4 is 5.32 Å². The van der Waals surface area contributed by atoms with E-state index in [1.807, 2.05) is 4.90 Å². The first-order valence-electron chi connectivity index (χ1n) is 8.03. The molecule has 1 amide bonds. The first-order chi connectivity index (χ1) is 12.6. The standard InChI is InChI=1S/C17H15F2N5OS/c18-12-2-1-10(7-13(12)19)16-11-8-24(5-3-14(11)22-23-16)9-15(25)21-17-20-4-6-26-17/h1-2,4,6-7H,3,5,8-9H2,(H,22,23)(H,20,21,25). The molecule has 6 nitrogen and oxygen atoms in total. The van der Waals surface area contributed by atoms with Gasteiger partial charge in [0, 0.05) is 47.9 Å². The van der Waals surface area contributed by atoms with Crippen LogP contribution in [0.15, 0.2) is 29.8 Å². The van der Waals surface area contributed by atoms with Gasteiger partial charge < -0.3 is 5.32 Å². The zero-order valence-corrected chi connectivity index (χ0v) is 14.4. The Hall–Kier alpha value is -2.65. The van der Waals surface area contributed by atoms with E-state index in [1.54, 1.807) is 11.6 Å². The summed E-state index contributed by atoms with van der Waals surface area (Å²) >= 11 is 1.36. The quantitative estimate of drug-likeness (QED) is 0.735. The molecule has 0 bridgehead atoms. The van der Waals surface area contributed by atoms with E-state index in [-0.39, 0.29) is 12.5 Å². The number of benzene rings is 1. The van der Waals surface area contributed by atoms with E-state index in [9.17, 15) is 13.6 Å². The number of H-pyrrole nitrogens is 1. The fourth-order valence-corrected chi connectivity index (χ4v) is 3.56. The average molecular weight is 375 g/mol. The Labute approximate surface area is 151 Å². The summed E-state index contributed by atoms with van der Waals surface area (Å²) in [5, 5.41) is 12.4. The Morgan fingerprint density at radius 2 is 2.23 bits per heavy atom. The molecule has 4 rings (SSSR count). The van der Waals surface area contributed by atoms with Crippen molar-refractivity contribution in [2.24, 2.45) is 0 Å². The van der Waals surface area contributed by atoms with E-state index in [0.29, 0.717) is 35.9 Å². The molecule has 0 saturated carbocycles. The van der Waals surface area contributed by atoms with Gasteiger partial charge in [0.2, 0.25) is 5.91 Å². The maximum atomic E-state index is 13.6. The second-order valence-corrected chi connectivity index (χ2v) is 6.90. The minimum atomic E-state index is -0.908. The number of anilines is 1. The van der Waals surface area contributed by atoms with Crippen LogP contribution in [0.3, 0.4) is 0 Å². The predicted molar refractivity (Wildman–Crippen MR) is 93.7 cm³/mol. The van der Waals surface area contributed by atoms with Crippen LogP contribution in [-0.2, 0) is 17.8 Å². The predicted octanol–water partition coefficient (Wildman–Crippen LogP) is 2.81. The highest BCUT2D eigenvalue weighted by Crippen LogP contribution is 2.29. The smallest absolute Gasteiger partial charge is 0.240 e. The van der Waals surface area contributed by atoms with Crippen LogP contribution in [0.2, 0.25) is 0 Å². The number of aromatic amines is 1. The Morgan fingerprint density at radius 3 is 3.00 bits per heavy atom. The van der Waals surface area contributed by atoms with Crippen LogP contribution >= 0.6 is 11.3 Å². The zero-order valence-electron chi connectivity index (χ0n) is 13.6. The largest absolute Gasteiger partial charge is 0.301 e. The SMILES string of the molecule is O=C(CN1CCc2[nH]nc(-c3ccc(F)c(F)c3)c2C1)Nc1nccs1. The Kier molecular flexibility index (Phi) is 4.48. The number of carbonyl (C=O) groups excluding carboxylic acids is 1. The normalized spacial score (nSPS) is 14.2. The molecule has 1 aromatic carbocycles. The number of hydrogen-bond acceptors (Lipinski definition) is 5. The molecule has 2 N–H and O–H groups in total. The molecule has 2 aromatic heterocycles. The van der Waals surface area contributed by atoms with Gasteiger partial charge in [-0.1, -0.05) is 0 Å². The van der Waals surface area contributed by atoms with Crippen molar-refractivity contribution in [1.82, 2.24) is 20.1 Å². The molecule has 0 aliphatic carbocycles. The van der Waals surface area contributed by atoms with Crippen molar-refractivity contribution in [2.75, 3.05) is 18.4 Å². The fraction of sp³-hybridized carbons (Fsp3) is 0.235. The summed E-state index contributed by atoms with van der Waals surface area (Å²) in [5.41, 5.74) is 2.96. The molecule has 26 heavy (non-hydrogen) atoms. The summed E-state index contributed by atoms with van der Waals surface area (Å²) < 4.78 is 26.7. The summed E-state index contributed by atoms with van der Waals surface area (Å²) in [6.45, 7) is 1.44. The minimum absolute atomic E-state index is 0.138. The van der Waals surface area contributed by atoms with Gasteiger partial charge in [-0.05, 0) is 18.2 Å². The van der Waals surface area contributed by atoms with Gasteiger partial charge in [-0.2, -0.15) is 5.10 Å². The molecule has 0 spiro atoms. The maximum Gasteiger partial charge on any atom is 0.240 e. The molecule has 0 radical (unpaired) electrons. The lowest BCUT2D eigenvalue weighted by atomic mass is 10.0. The van der Waals surface area contributed by atoms with Crippen LogP contribution in [0.4, 0.5) is 13.9 Å². The molecule has 3 heterocycles. The van der Waals surface area contributed by atoms with E-state index >= 15 is 0 Å². The highest BCUT2D eigenvalue weighted by molar-refractivity contribution is 7.13. The lowest BCUT2D eigenvalue weighted by Crippen LogP contribution is -2.37. The molecular weight excluding hydrogens is 360 g/mol. The lowest BCUT2D eigenvalue weighted by molar-refractivity contribution is -0.117. The number of rotatable bonds is 4. The third-order valence-corrected chi connectivity index (χ3v) is 4.94. The van der Waals surface area contributed by atoms with Crippen molar-refractivity contribution in [1.29, 1.82) is 0 Å². The van der Waals surface area contributed by atoms with E-state index in [1.165, 1.54) is 17.4 Å². The van der Waals surface area contributed by atoms with Gasteiger partial charge in [0.1, 0.15) is 0 Å². The Morgan fingerprint density at radius 1 is 1.35 bits per heavy atom. The average Bonchev–Trinajstić information content (AvgIpc) is 3.26. The minimum Gasteiger partial charge on any atom is -0.301 e. The van der Waals surface area contributed by atoms with Crippen molar-refractivity contribution < 1.29 is 13.6 Å². The number of carbonyl (C=O) groups is 1. The summed E-state index contributed by atoms with van der Waals surface area (Å²) in [5.74, 6) is -1.94. The molecule has 9 heteroatoms. The maximum absolute atomic E-state index is 13.6. The van der Waals surface area contributed by atoms with E-state index in [0.717, 1.165) is 23.4 Å². The molecule has 1 aliphatic rings. The van der Waals surface area contributed by atoms with Gasteiger partial charge in [-0.15, -0.1) is 11.3 Å².